The third-order valence-electron chi connectivity index (χ3n) is 5.01. The van der Waals surface area contributed by atoms with Gasteiger partial charge in [-0.25, -0.2) is 0 Å². The lowest BCUT2D eigenvalue weighted by atomic mass is 9.89. The van der Waals surface area contributed by atoms with Gasteiger partial charge in [-0.3, -0.25) is 29.1 Å². The van der Waals surface area contributed by atoms with Crippen LogP contribution < -0.4 is 10.6 Å². The van der Waals surface area contributed by atoms with Crippen molar-refractivity contribution in [2.75, 3.05) is 46.2 Å². The van der Waals surface area contributed by atoms with Gasteiger partial charge in [0.25, 0.3) is 0 Å². The van der Waals surface area contributed by atoms with Crippen LogP contribution in [0.25, 0.3) is 0 Å². The van der Waals surface area contributed by atoms with Crippen molar-refractivity contribution < 1.29 is 23.9 Å². The Morgan fingerprint density at radius 1 is 1.16 bits per heavy atom. The summed E-state index contributed by atoms with van der Waals surface area (Å²) in [5, 5.41) is 5.31. The maximum Gasteiger partial charge on any atom is 0.242 e. The van der Waals surface area contributed by atoms with E-state index in [9.17, 15) is 19.2 Å². The van der Waals surface area contributed by atoms with Crippen molar-refractivity contribution in [1.82, 2.24) is 15.5 Å². The van der Waals surface area contributed by atoms with Gasteiger partial charge >= 0.3 is 0 Å². The molecule has 9 nitrogen and oxygen atoms in total. The van der Waals surface area contributed by atoms with E-state index in [0.29, 0.717) is 32.7 Å². The molecule has 0 saturated carbocycles. The Kier molecular flexibility index (Phi) is 11.4. The van der Waals surface area contributed by atoms with E-state index in [1.54, 1.807) is 19.5 Å². The first-order chi connectivity index (χ1) is 14.9. The highest BCUT2D eigenvalue weighted by Gasteiger charge is 2.37. The number of amides is 4. The molecule has 0 spiro atoms. The van der Waals surface area contributed by atoms with Crippen molar-refractivity contribution in [2.45, 2.75) is 52.2 Å². The minimum atomic E-state index is -0.331. The van der Waals surface area contributed by atoms with E-state index in [-0.39, 0.29) is 59.1 Å². The summed E-state index contributed by atoms with van der Waals surface area (Å²) in [6.07, 6.45) is 4.07. The minimum absolute atomic E-state index is 0.0520. The molecule has 1 saturated heterocycles. The average molecular weight is 471 g/mol. The van der Waals surface area contributed by atoms with Crippen LogP contribution >= 0.6 is 11.8 Å². The van der Waals surface area contributed by atoms with Gasteiger partial charge in [0, 0.05) is 51.0 Å². The molecule has 0 aromatic rings. The molecular formula is C22H38N4O5S. The largest absolute Gasteiger partial charge is 0.380 e. The molecule has 1 rings (SSSR count). The lowest BCUT2D eigenvalue weighted by Gasteiger charge is -2.29. The van der Waals surface area contributed by atoms with Crippen molar-refractivity contribution in [3.05, 3.63) is 0 Å². The van der Waals surface area contributed by atoms with Gasteiger partial charge in [0.15, 0.2) is 0 Å². The summed E-state index contributed by atoms with van der Waals surface area (Å²) in [5.74, 6) is -0.688. The van der Waals surface area contributed by atoms with E-state index in [4.69, 9.17) is 4.74 Å². The number of ether oxygens (including phenoxy) is 1. The number of aliphatic imine (C=N–C) groups is 1. The monoisotopic (exact) mass is 470 g/mol. The highest BCUT2D eigenvalue weighted by molar-refractivity contribution is 8.00. The lowest BCUT2D eigenvalue weighted by Crippen LogP contribution is -2.40. The molecule has 1 aliphatic heterocycles. The molecule has 1 fully saturated rings. The molecule has 2 N–H and O–H groups in total. The Hall–Kier alpha value is -1.94. The number of carbonyl (C=O) groups is 4. The number of nitrogens with one attached hydrogen (secondary N) is 2. The molecule has 0 bridgehead atoms. The molecule has 0 aromatic heterocycles. The molecule has 0 aliphatic carbocycles. The summed E-state index contributed by atoms with van der Waals surface area (Å²) in [4.78, 5) is 53.2. The fraction of sp³-hybridized carbons (Fsp3) is 0.773. The van der Waals surface area contributed by atoms with Crippen molar-refractivity contribution in [2.24, 2.45) is 15.8 Å². The zero-order valence-electron chi connectivity index (χ0n) is 20.2. The standard InChI is InChI=1S/C22H38N4O5S/c1-21(2,12-18(28)24-9-8-23-5)14-31-15-22(3,4)13-25-17(27)7-10-26-19(29)11-16(32-6)20(26)30/h8,16H,7,9-15H2,1-6H3,(H,24,28)(H,25,27)/b23-8+. The van der Waals surface area contributed by atoms with Gasteiger partial charge in [0.05, 0.1) is 25.0 Å². The number of imide groups is 1. The van der Waals surface area contributed by atoms with Crippen LogP contribution in [0.3, 0.4) is 0 Å². The molecule has 182 valence electrons. The van der Waals surface area contributed by atoms with E-state index in [2.05, 4.69) is 15.6 Å². The summed E-state index contributed by atoms with van der Waals surface area (Å²) < 4.78 is 5.86. The van der Waals surface area contributed by atoms with E-state index in [0.717, 1.165) is 0 Å². The van der Waals surface area contributed by atoms with Crippen molar-refractivity contribution in [3.8, 4) is 0 Å². The third-order valence-corrected chi connectivity index (χ3v) is 5.95. The minimum Gasteiger partial charge on any atom is -0.380 e. The maximum absolute atomic E-state index is 12.2. The Morgan fingerprint density at radius 2 is 1.81 bits per heavy atom. The van der Waals surface area contributed by atoms with Crippen LogP contribution in [0.15, 0.2) is 4.99 Å². The number of thioether (sulfide) groups is 1. The van der Waals surface area contributed by atoms with Crippen LogP contribution in [0.2, 0.25) is 0 Å². The molecule has 1 aliphatic rings. The fourth-order valence-corrected chi connectivity index (χ4v) is 3.80. The molecule has 32 heavy (non-hydrogen) atoms. The number of carbonyl (C=O) groups excluding carboxylic acids is 4. The SMILES string of the molecule is C/N=C/CNC(=O)CC(C)(C)COCC(C)(C)CNC(=O)CCN1C(=O)CC(SC)C1=O. The number of rotatable bonds is 14. The van der Waals surface area contributed by atoms with E-state index >= 15 is 0 Å². The second-order valence-corrected chi connectivity index (χ2v) is 10.6. The molecule has 0 radical (unpaired) electrons. The lowest BCUT2D eigenvalue weighted by molar-refractivity contribution is -0.138. The second kappa shape index (κ2) is 12.9. The van der Waals surface area contributed by atoms with Crippen LogP contribution in [0.5, 0.6) is 0 Å². The van der Waals surface area contributed by atoms with Gasteiger partial charge in [0.2, 0.25) is 23.6 Å². The zero-order chi connectivity index (χ0) is 24.4. The Labute approximate surface area is 195 Å². The van der Waals surface area contributed by atoms with Crippen LogP contribution in [0.4, 0.5) is 0 Å². The van der Waals surface area contributed by atoms with Crippen molar-refractivity contribution >= 4 is 41.6 Å². The number of likely N-dealkylation sites (tertiary alicyclic amines) is 1. The van der Waals surface area contributed by atoms with Gasteiger partial charge in [-0.05, 0) is 11.7 Å². The number of hydrogen-bond donors (Lipinski definition) is 2. The van der Waals surface area contributed by atoms with Crippen LogP contribution in [0, 0.1) is 10.8 Å². The Bertz CT molecular complexity index is 708. The predicted molar refractivity (Wildman–Crippen MR) is 127 cm³/mol. The number of hydrogen-bond acceptors (Lipinski definition) is 7. The van der Waals surface area contributed by atoms with Gasteiger partial charge in [-0.15, -0.1) is 0 Å². The molecular weight excluding hydrogens is 432 g/mol. The maximum atomic E-state index is 12.2. The van der Waals surface area contributed by atoms with E-state index in [1.165, 1.54) is 16.7 Å². The van der Waals surface area contributed by atoms with Gasteiger partial charge in [-0.2, -0.15) is 11.8 Å². The third kappa shape index (κ3) is 10.1. The van der Waals surface area contributed by atoms with E-state index < -0.39 is 0 Å². The molecule has 1 unspecified atom stereocenters. The van der Waals surface area contributed by atoms with Crippen LogP contribution in [-0.2, 0) is 23.9 Å². The first kappa shape index (κ1) is 28.1. The molecule has 4 amide bonds. The summed E-state index contributed by atoms with van der Waals surface area (Å²) in [6, 6.07) is 0. The fourth-order valence-electron chi connectivity index (χ4n) is 3.17. The summed E-state index contributed by atoms with van der Waals surface area (Å²) in [7, 11) is 1.66. The smallest absolute Gasteiger partial charge is 0.242 e. The van der Waals surface area contributed by atoms with Crippen molar-refractivity contribution in [3.63, 3.8) is 0 Å². The second-order valence-electron chi connectivity index (χ2n) is 9.58. The molecule has 0 aromatic carbocycles. The Morgan fingerprint density at radius 3 is 2.41 bits per heavy atom. The quantitative estimate of drug-likeness (QED) is 0.292. The summed E-state index contributed by atoms with van der Waals surface area (Å²) in [6.45, 7) is 9.65. The average Bonchev–Trinajstić information content (AvgIpc) is 2.97. The highest BCUT2D eigenvalue weighted by atomic mass is 32.2. The van der Waals surface area contributed by atoms with Crippen LogP contribution in [-0.4, -0.2) is 86.1 Å². The van der Waals surface area contributed by atoms with Crippen molar-refractivity contribution in [1.29, 1.82) is 0 Å². The molecule has 1 heterocycles. The predicted octanol–water partition coefficient (Wildman–Crippen LogP) is 1.26. The summed E-state index contributed by atoms with van der Waals surface area (Å²) >= 11 is 1.36. The van der Waals surface area contributed by atoms with Gasteiger partial charge in [0.1, 0.15) is 0 Å². The van der Waals surface area contributed by atoms with Gasteiger partial charge in [-0.1, -0.05) is 27.7 Å². The first-order valence-electron chi connectivity index (χ1n) is 10.8. The zero-order valence-corrected chi connectivity index (χ0v) is 21.0. The first-order valence-corrected chi connectivity index (χ1v) is 12.1. The number of nitrogens with zero attached hydrogens (tertiary/aromatic N) is 2. The Balaban J connectivity index is 2.32. The topological polar surface area (TPSA) is 117 Å². The molecule has 10 heteroatoms. The molecule has 1 atom stereocenters. The highest BCUT2D eigenvalue weighted by Crippen LogP contribution is 2.24. The van der Waals surface area contributed by atoms with Crippen LogP contribution in [0.1, 0.15) is 47.0 Å². The van der Waals surface area contributed by atoms with E-state index in [1.807, 2.05) is 27.7 Å². The summed E-state index contributed by atoms with van der Waals surface area (Å²) in [5.41, 5.74) is -0.634. The van der Waals surface area contributed by atoms with Gasteiger partial charge < -0.3 is 15.4 Å². The normalized spacial score (nSPS) is 17.3.